The fourth-order valence-electron chi connectivity index (χ4n) is 0.901. The van der Waals surface area contributed by atoms with E-state index in [0.29, 0.717) is 6.54 Å². The van der Waals surface area contributed by atoms with Gasteiger partial charge in [-0.05, 0) is 20.8 Å². The molecular weight excluding hydrogens is 234 g/mol. The van der Waals surface area contributed by atoms with Crippen LogP contribution in [-0.2, 0) is 4.79 Å². The molecular formula is C9H16BrNO2. The van der Waals surface area contributed by atoms with Crippen molar-refractivity contribution < 1.29 is 9.90 Å². The second kappa shape index (κ2) is 4.77. The van der Waals surface area contributed by atoms with Gasteiger partial charge >= 0.3 is 5.97 Å². The van der Waals surface area contributed by atoms with Crippen molar-refractivity contribution in [3.8, 4) is 0 Å². The van der Waals surface area contributed by atoms with Crippen molar-refractivity contribution in [3.63, 3.8) is 0 Å². The van der Waals surface area contributed by atoms with Gasteiger partial charge in [0.25, 0.3) is 0 Å². The zero-order valence-electron chi connectivity index (χ0n) is 8.30. The summed E-state index contributed by atoms with van der Waals surface area (Å²) in [6, 6.07) is 0. The number of carboxylic acid groups (broad SMARTS) is 1. The Hall–Kier alpha value is -0.350. The summed E-state index contributed by atoms with van der Waals surface area (Å²) in [6.45, 7) is 10.2. The normalized spacial score (nSPS) is 11.8. The fraction of sp³-hybridized carbons (Fsp3) is 0.667. The van der Waals surface area contributed by atoms with Crippen LogP contribution in [0.5, 0.6) is 0 Å². The van der Waals surface area contributed by atoms with Crippen molar-refractivity contribution in [3.05, 3.63) is 11.1 Å². The summed E-state index contributed by atoms with van der Waals surface area (Å²) in [5.74, 6) is -0.816. The lowest BCUT2D eigenvalue weighted by molar-refractivity contribution is -0.139. The van der Waals surface area contributed by atoms with E-state index in [9.17, 15) is 4.79 Å². The van der Waals surface area contributed by atoms with Gasteiger partial charge in [-0.15, -0.1) is 0 Å². The average molecular weight is 250 g/mol. The molecule has 3 nitrogen and oxygen atoms in total. The Balaban J connectivity index is 4.37. The molecule has 0 fully saturated rings. The first-order valence-electron chi connectivity index (χ1n) is 4.03. The van der Waals surface area contributed by atoms with Crippen LogP contribution in [0.4, 0.5) is 0 Å². The van der Waals surface area contributed by atoms with Gasteiger partial charge < -0.3 is 5.11 Å². The SMILES string of the molecule is C=C(Br)CN(CC(=O)O)C(C)(C)C. The molecule has 0 aliphatic carbocycles. The van der Waals surface area contributed by atoms with E-state index in [-0.39, 0.29) is 12.1 Å². The number of hydrogen-bond acceptors (Lipinski definition) is 2. The van der Waals surface area contributed by atoms with Crippen molar-refractivity contribution in [2.24, 2.45) is 0 Å². The number of carboxylic acids is 1. The Morgan fingerprint density at radius 1 is 1.46 bits per heavy atom. The summed E-state index contributed by atoms with van der Waals surface area (Å²) < 4.78 is 0.795. The second-order valence-corrected chi connectivity index (χ2v) is 5.06. The van der Waals surface area contributed by atoms with Gasteiger partial charge in [0.15, 0.2) is 0 Å². The summed E-state index contributed by atoms with van der Waals surface area (Å²) in [6.07, 6.45) is 0. The Morgan fingerprint density at radius 3 is 2.15 bits per heavy atom. The van der Waals surface area contributed by atoms with Crippen LogP contribution in [0.15, 0.2) is 11.1 Å². The number of rotatable bonds is 4. The largest absolute Gasteiger partial charge is 0.480 e. The van der Waals surface area contributed by atoms with E-state index in [4.69, 9.17) is 5.11 Å². The quantitative estimate of drug-likeness (QED) is 0.830. The third-order valence-electron chi connectivity index (χ3n) is 1.64. The summed E-state index contributed by atoms with van der Waals surface area (Å²) in [5, 5.41) is 8.67. The van der Waals surface area contributed by atoms with Gasteiger partial charge in [0.1, 0.15) is 0 Å². The van der Waals surface area contributed by atoms with Gasteiger partial charge in [-0.1, -0.05) is 22.5 Å². The second-order valence-electron chi connectivity index (χ2n) is 3.94. The monoisotopic (exact) mass is 249 g/mol. The molecule has 4 heteroatoms. The molecule has 0 spiro atoms. The van der Waals surface area contributed by atoms with E-state index in [1.807, 2.05) is 25.7 Å². The van der Waals surface area contributed by atoms with Gasteiger partial charge in [-0.25, -0.2) is 0 Å². The lowest BCUT2D eigenvalue weighted by Crippen LogP contribution is -2.44. The van der Waals surface area contributed by atoms with Crippen molar-refractivity contribution in [1.82, 2.24) is 4.90 Å². The Bertz CT molecular complexity index is 192. The molecule has 0 aromatic carbocycles. The summed E-state index contributed by atoms with van der Waals surface area (Å²) >= 11 is 3.23. The Kier molecular flexibility index (Phi) is 4.64. The molecule has 0 rings (SSSR count). The third kappa shape index (κ3) is 5.82. The predicted octanol–water partition coefficient (Wildman–Crippen LogP) is 2.08. The minimum atomic E-state index is -0.816. The summed E-state index contributed by atoms with van der Waals surface area (Å²) in [7, 11) is 0. The highest BCUT2D eigenvalue weighted by Gasteiger charge is 2.23. The van der Waals surface area contributed by atoms with Crippen LogP contribution in [0.1, 0.15) is 20.8 Å². The molecule has 13 heavy (non-hydrogen) atoms. The molecule has 0 bridgehead atoms. The molecule has 0 heterocycles. The smallest absolute Gasteiger partial charge is 0.317 e. The van der Waals surface area contributed by atoms with Crippen LogP contribution >= 0.6 is 15.9 Å². The van der Waals surface area contributed by atoms with Crippen LogP contribution in [0.3, 0.4) is 0 Å². The molecule has 0 saturated heterocycles. The van der Waals surface area contributed by atoms with Gasteiger partial charge in [0.05, 0.1) is 6.54 Å². The highest BCUT2D eigenvalue weighted by Crippen LogP contribution is 2.16. The first-order chi connectivity index (χ1) is 5.73. The summed E-state index contributed by atoms with van der Waals surface area (Å²) in [5.41, 5.74) is -0.158. The molecule has 0 radical (unpaired) electrons. The highest BCUT2D eigenvalue weighted by atomic mass is 79.9. The van der Waals surface area contributed by atoms with Crippen molar-refractivity contribution in [2.45, 2.75) is 26.3 Å². The molecule has 0 saturated carbocycles. The minimum Gasteiger partial charge on any atom is -0.480 e. The van der Waals surface area contributed by atoms with E-state index >= 15 is 0 Å². The van der Waals surface area contributed by atoms with E-state index in [1.165, 1.54) is 0 Å². The standard InChI is InChI=1S/C9H16BrNO2/c1-7(10)5-11(6-8(12)13)9(2,3)4/h1,5-6H2,2-4H3,(H,12,13). The van der Waals surface area contributed by atoms with E-state index in [1.54, 1.807) is 0 Å². The van der Waals surface area contributed by atoms with Gasteiger partial charge in [0.2, 0.25) is 0 Å². The first kappa shape index (κ1) is 12.7. The number of nitrogens with zero attached hydrogens (tertiary/aromatic N) is 1. The van der Waals surface area contributed by atoms with Crippen LogP contribution in [0, 0.1) is 0 Å². The molecule has 76 valence electrons. The fourth-order valence-corrected chi connectivity index (χ4v) is 1.20. The molecule has 1 N–H and O–H groups in total. The lowest BCUT2D eigenvalue weighted by atomic mass is 10.1. The Labute approximate surface area is 87.6 Å². The molecule has 0 aliphatic heterocycles. The van der Waals surface area contributed by atoms with Crippen LogP contribution in [0.2, 0.25) is 0 Å². The molecule has 0 aliphatic rings. The number of halogens is 1. The van der Waals surface area contributed by atoms with E-state index < -0.39 is 5.97 Å². The lowest BCUT2D eigenvalue weighted by Gasteiger charge is -2.34. The summed E-state index contributed by atoms with van der Waals surface area (Å²) in [4.78, 5) is 12.4. The van der Waals surface area contributed by atoms with Crippen molar-refractivity contribution in [2.75, 3.05) is 13.1 Å². The van der Waals surface area contributed by atoms with E-state index in [2.05, 4.69) is 22.5 Å². The van der Waals surface area contributed by atoms with Gasteiger partial charge in [0, 0.05) is 16.6 Å². The van der Waals surface area contributed by atoms with Gasteiger partial charge in [-0.3, -0.25) is 9.69 Å². The number of carbonyl (C=O) groups is 1. The maximum atomic E-state index is 10.6. The number of hydrogen-bond donors (Lipinski definition) is 1. The molecule has 0 aromatic rings. The van der Waals surface area contributed by atoms with Gasteiger partial charge in [-0.2, -0.15) is 0 Å². The minimum absolute atomic E-state index is 0.0358. The maximum Gasteiger partial charge on any atom is 0.317 e. The molecule has 0 amide bonds. The van der Waals surface area contributed by atoms with Crippen molar-refractivity contribution in [1.29, 1.82) is 0 Å². The van der Waals surface area contributed by atoms with Crippen molar-refractivity contribution >= 4 is 21.9 Å². The zero-order chi connectivity index (χ0) is 10.6. The van der Waals surface area contributed by atoms with Crippen LogP contribution in [0.25, 0.3) is 0 Å². The molecule has 0 atom stereocenters. The van der Waals surface area contributed by atoms with Crippen LogP contribution < -0.4 is 0 Å². The topological polar surface area (TPSA) is 40.5 Å². The highest BCUT2D eigenvalue weighted by molar-refractivity contribution is 9.11. The predicted molar refractivity (Wildman–Crippen MR) is 57.0 cm³/mol. The molecule has 0 unspecified atom stereocenters. The third-order valence-corrected chi connectivity index (χ3v) is 1.89. The zero-order valence-corrected chi connectivity index (χ0v) is 9.89. The molecule has 0 aromatic heterocycles. The average Bonchev–Trinajstić information content (AvgIpc) is 1.81. The first-order valence-corrected chi connectivity index (χ1v) is 4.83. The number of aliphatic carboxylic acids is 1. The van der Waals surface area contributed by atoms with Crippen LogP contribution in [-0.4, -0.2) is 34.6 Å². The van der Waals surface area contributed by atoms with E-state index in [0.717, 1.165) is 4.48 Å². The Morgan fingerprint density at radius 2 is 1.92 bits per heavy atom. The maximum absolute atomic E-state index is 10.6.